The summed E-state index contributed by atoms with van der Waals surface area (Å²) >= 11 is 0. The second-order valence-corrected chi connectivity index (χ2v) is 6.64. The van der Waals surface area contributed by atoms with Crippen LogP contribution in [0.1, 0.15) is 40.0 Å². The lowest BCUT2D eigenvalue weighted by atomic mass is 9.74. The third-order valence-electron chi connectivity index (χ3n) is 4.87. The number of aliphatic hydroxyl groups excluding tert-OH is 1. The average Bonchev–Trinajstić information content (AvgIpc) is 2.71. The molecule has 3 nitrogen and oxygen atoms in total. The summed E-state index contributed by atoms with van der Waals surface area (Å²) in [6, 6.07) is 0. The van der Waals surface area contributed by atoms with Gasteiger partial charge in [-0.1, -0.05) is 13.8 Å². The van der Waals surface area contributed by atoms with Crippen LogP contribution in [0.4, 0.5) is 0 Å². The summed E-state index contributed by atoms with van der Waals surface area (Å²) in [7, 11) is 0. The van der Waals surface area contributed by atoms with Gasteiger partial charge in [-0.3, -0.25) is 4.79 Å². The minimum atomic E-state index is -0.213. The van der Waals surface area contributed by atoms with Gasteiger partial charge >= 0.3 is 0 Å². The molecule has 104 valence electrons. The number of likely N-dealkylation sites (tertiary alicyclic amines) is 1. The standard InChI is InChI=1S/C15H27NO2/c1-10-6-11(2)14(15(18)7-10)9-16-5-4-13(8-16)12(3)17/h10-14,17H,4-9H2,1-3H3. The number of nitrogens with zero attached hydrogens (tertiary/aromatic N) is 1. The minimum absolute atomic E-state index is 0.213. The summed E-state index contributed by atoms with van der Waals surface area (Å²) in [6.45, 7) is 9.20. The quantitative estimate of drug-likeness (QED) is 0.835. The van der Waals surface area contributed by atoms with E-state index in [9.17, 15) is 9.90 Å². The van der Waals surface area contributed by atoms with Gasteiger partial charge in [-0.05, 0) is 44.1 Å². The van der Waals surface area contributed by atoms with Gasteiger partial charge in [-0.2, -0.15) is 0 Å². The molecule has 0 aromatic rings. The normalized spacial score (nSPS) is 40.1. The van der Waals surface area contributed by atoms with E-state index < -0.39 is 0 Å². The Labute approximate surface area is 111 Å². The minimum Gasteiger partial charge on any atom is -0.393 e. The summed E-state index contributed by atoms with van der Waals surface area (Å²) in [6.07, 6.45) is 2.81. The van der Waals surface area contributed by atoms with Gasteiger partial charge in [0.1, 0.15) is 5.78 Å². The lowest BCUT2D eigenvalue weighted by molar-refractivity contribution is -0.128. The van der Waals surface area contributed by atoms with Crippen molar-refractivity contribution in [2.45, 2.75) is 46.1 Å². The van der Waals surface area contributed by atoms with E-state index in [0.29, 0.717) is 23.5 Å². The van der Waals surface area contributed by atoms with Crippen molar-refractivity contribution in [2.24, 2.45) is 23.7 Å². The second kappa shape index (κ2) is 5.70. The Morgan fingerprint density at radius 2 is 2.17 bits per heavy atom. The number of hydrogen-bond acceptors (Lipinski definition) is 3. The Kier molecular flexibility index (Phi) is 4.44. The monoisotopic (exact) mass is 253 g/mol. The first-order valence-electron chi connectivity index (χ1n) is 7.40. The second-order valence-electron chi connectivity index (χ2n) is 6.64. The largest absolute Gasteiger partial charge is 0.393 e. The highest BCUT2D eigenvalue weighted by Gasteiger charge is 2.35. The van der Waals surface area contributed by atoms with E-state index >= 15 is 0 Å². The molecule has 1 aliphatic carbocycles. The number of Topliss-reactive ketones (excluding diaryl/α,β-unsaturated/α-hetero) is 1. The Morgan fingerprint density at radius 3 is 2.72 bits per heavy atom. The van der Waals surface area contributed by atoms with Gasteiger partial charge in [-0.25, -0.2) is 0 Å². The van der Waals surface area contributed by atoms with Crippen LogP contribution in [-0.2, 0) is 4.79 Å². The SMILES string of the molecule is CC1CC(=O)C(CN2CCC(C(C)O)C2)C(C)C1. The Bertz CT molecular complexity index is 303. The number of carbonyl (C=O) groups is 1. The smallest absolute Gasteiger partial charge is 0.137 e. The molecular weight excluding hydrogens is 226 g/mol. The number of aliphatic hydroxyl groups is 1. The van der Waals surface area contributed by atoms with E-state index in [1.165, 1.54) is 6.42 Å². The zero-order valence-electron chi connectivity index (χ0n) is 11.9. The molecule has 1 N–H and O–H groups in total. The highest BCUT2D eigenvalue weighted by molar-refractivity contribution is 5.82. The van der Waals surface area contributed by atoms with Crippen LogP contribution in [0.25, 0.3) is 0 Å². The molecule has 0 spiro atoms. The maximum absolute atomic E-state index is 12.1. The zero-order valence-corrected chi connectivity index (χ0v) is 11.9. The zero-order chi connectivity index (χ0) is 13.3. The summed E-state index contributed by atoms with van der Waals surface area (Å²) in [5.41, 5.74) is 0. The number of ketones is 1. The highest BCUT2D eigenvalue weighted by Crippen LogP contribution is 2.32. The van der Waals surface area contributed by atoms with Crippen LogP contribution >= 0.6 is 0 Å². The Balaban J connectivity index is 1.88. The molecule has 1 aliphatic heterocycles. The van der Waals surface area contributed by atoms with Gasteiger partial charge < -0.3 is 10.0 Å². The average molecular weight is 253 g/mol. The maximum atomic E-state index is 12.1. The van der Waals surface area contributed by atoms with Crippen molar-refractivity contribution in [3.63, 3.8) is 0 Å². The van der Waals surface area contributed by atoms with Crippen LogP contribution in [-0.4, -0.2) is 41.5 Å². The molecule has 0 bridgehead atoms. The molecule has 1 heterocycles. The van der Waals surface area contributed by atoms with Crippen molar-refractivity contribution >= 4 is 5.78 Å². The number of hydrogen-bond donors (Lipinski definition) is 1. The molecule has 0 aromatic heterocycles. The number of rotatable bonds is 3. The Morgan fingerprint density at radius 1 is 1.44 bits per heavy atom. The van der Waals surface area contributed by atoms with Crippen molar-refractivity contribution in [3.05, 3.63) is 0 Å². The molecule has 5 atom stereocenters. The van der Waals surface area contributed by atoms with E-state index in [0.717, 1.165) is 32.5 Å². The van der Waals surface area contributed by atoms with E-state index in [1.54, 1.807) is 0 Å². The molecular formula is C15H27NO2. The first kappa shape index (κ1) is 14.0. The van der Waals surface area contributed by atoms with Gasteiger partial charge in [0.05, 0.1) is 6.10 Å². The van der Waals surface area contributed by atoms with Gasteiger partial charge in [0.15, 0.2) is 0 Å². The van der Waals surface area contributed by atoms with Gasteiger partial charge in [0.2, 0.25) is 0 Å². The van der Waals surface area contributed by atoms with Crippen molar-refractivity contribution in [1.29, 1.82) is 0 Å². The lowest BCUT2D eigenvalue weighted by Gasteiger charge is -2.34. The van der Waals surface area contributed by atoms with E-state index in [-0.39, 0.29) is 12.0 Å². The predicted molar refractivity (Wildman–Crippen MR) is 72.3 cm³/mol. The van der Waals surface area contributed by atoms with Crippen LogP contribution in [0.3, 0.4) is 0 Å². The maximum Gasteiger partial charge on any atom is 0.137 e. The topological polar surface area (TPSA) is 40.5 Å². The highest BCUT2D eigenvalue weighted by atomic mass is 16.3. The van der Waals surface area contributed by atoms with Gasteiger partial charge in [0.25, 0.3) is 0 Å². The lowest BCUT2D eigenvalue weighted by Crippen LogP contribution is -2.39. The first-order chi connectivity index (χ1) is 8.47. The van der Waals surface area contributed by atoms with Crippen molar-refractivity contribution < 1.29 is 9.90 Å². The van der Waals surface area contributed by atoms with E-state index in [4.69, 9.17) is 0 Å². The van der Waals surface area contributed by atoms with Crippen molar-refractivity contribution in [1.82, 2.24) is 4.90 Å². The van der Waals surface area contributed by atoms with Crippen LogP contribution in [0, 0.1) is 23.7 Å². The molecule has 1 saturated carbocycles. The van der Waals surface area contributed by atoms with Crippen LogP contribution in [0.5, 0.6) is 0 Å². The molecule has 2 rings (SSSR count). The fraction of sp³-hybridized carbons (Fsp3) is 0.933. The summed E-state index contributed by atoms with van der Waals surface area (Å²) in [5, 5.41) is 9.62. The molecule has 3 heteroatoms. The molecule has 2 fully saturated rings. The van der Waals surface area contributed by atoms with E-state index in [2.05, 4.69) is 18.7 Å². The molecule has 5 unspecified atom stereocenters. The molecule has 0 amide bonds. The third kappa shape index (κ3) is 3.12. The number of carbonyl (C=O) groups excluding carboxylic acids is 1. The third-order valence-corrected chi connectivity index (χ3v) is 4.87. The molecule has 0 radical (unpaired) electrons. The van der Waals surface area contributed by atoms with Crippen LogP contribution in [0.2, 0.25) is 0 Å². The first-order valence-corrected chi connectivity index (χ1v) is 7.40. The van der Waals surface area contributed by atoms with Crippen LogP contribution in [0.15, 0.2) is 0 Å². The summed E-state index contributed by atoms with van der Waals surface area (Å²) < 4.78 is 0. The van der Waals surface area contributed by atoms with E-state index in [1.807, 2.05) is 6.92 Å². The van der Waals surface area contributed by atoms with Crippen molar-refractivity contribution in [2.75, 3.05) is 19.6 Å². The van der Waals surface area contributed by atoms with Crippen molar-refractivity contribution in [3.8, 4) is 0 Å². The summed E-state index contributed by atoms with van der Waals surface area (Å²) in [4.78, 5) is 14.5. The fourth-order valence-electron chi connectivity index (χ4n) is 3.68. The summed E-state index contributed by atoms with van der Waals surface area (Å²) in [5.74, 6) is 2.17. The molecule has 0 aromatic carbocycles. The Hall–Kier alpha value is -0.410. The van der Waals surface area contributed by atoms with Gasteiger partial charge in [-0.15, -0.1) is 0 Å². The fourth-order valence-corrected chi connectivity index (χ4v) is 3.68. The van der Waals surface area contributed by atoms with Gasteiger partial charge in [0, 0.05) is 25.4 Å². The molecule has 2 aliphatic rings. The molecule has 18 heavy (non-hydrogen) atoms. The predicted octanol–water partition coefficient (Wildman–Crippen LogP) is 1.94. The van der Waals surface area contributed by atoms with Crippen LogP contribution < -0.4 is 0 Å². The molecule has 1 saturated heterocycles.